The summed E-state index contributed by atoms with van der Waals surface area (Å²) in [6, 6.07) is 0. The van der Waals surface area contributed by atoms with Gasteiger partial charge >= 0.3 is 0 Å². The third-order valence-electron chi connectivity index (χ3n) is 3.20. The Bertz CT molecular complexity index is 384. The maximum Gasteiger partial charge on any atom is 0.191 e. The largest absolute Gasteiger partial charge is 0.385 e. The minimum absolute atomic E-state index is 0.275. The normalized spacial score (nSPS) is 19.8. The minimum atomic E-state index is -2.79. The van der Waals surface area contributed by atoms with Crippen LogP contribution in [0.2, 0.25) is 0 Å². The van der Waals surface area contributed by atoms with Crippen molar-refractivity contribution in [1.82, 2.24) is 15.5 Å². The maximum absolute atomic E-state index is 11.3. The van der Waals surface area contributed by atoms with E-state index in [1.807, 2.05) is 0 Å². The summed E-state index contributed by atoms with van der Waals surface area (Å²) in [5, 5.41) is 6.42. The molecule has 7 nitrogen and oxygen atoms in total. The van der Waals surface area contributed by atoms with Crippen LogP contribution in [0.1, 0.15) is 6.42 Å². The van der Waals surface area contributed by atoms with E-state index < -0.39 is 9.84 Å². The molecule has 118 valence electrons. The molecule has 1 rings (SSSR count). The number of sulfone groups is 1. The topological polar surface area (TPSA) is 83.0 Å². The lowest BCUT2D eigenvalue weighted by atomic mass is 10.4. The highest BCUT2D eigenvalue weighted by Crippen LogP contribution is 2.02. The molecule has 0 unspecified atom stereocenters. The first-order valence-corrected chi connectivity index (χ1v) is 8.76. The number of rotatable bonds is 7. The van der Waals surface area contributed by atoms with Crippen LogP contribution < -0.4 is 10.6 Å². The zero-order valence-electron chi connectivity index (χ0n) is 12.4. The van der Waals surface area contributed by atoms with E-state index in [9.17, 15) is 8.42 Å². The lowest BCUT2D eigenvalue weighted by molar-refractivity contribution is 0.195. The number of methoxy groups -OCH3 is 1. The summed E-state index contributed by atoms with van der Waals surface area (Å²) < 4.78 is 27.6. The standard InChI is InChI=1S/C12H26N4O3S/c1-13-12(14-4-3-9-19-2)15-5-6-16-7-10-20(17,18)11-8-16/h3-11H2,1-2H3,(H2,13,14,15). The number of hydrogen-bond donors (Lipinski definition) is 2. The van der Waals surface area contributed by atoms with Crippen LogP contribution in [0, 0.1) is 0 Å². The molecular formula is C12H26N4O3S. The van der Waals surface area contributed by atoms with E-state index in [4.69, 9.17) is 4.74 Å². The Labute approximate surface area is 121 Å². The van der Waals surface area contributed by atoms with E-state index in [-0.39, 0.29) is 11.5 Å². The van der Waals surface area contributed by atoms with E-state index >= 15 is 0 Å². The average Bonchev–Trinajstić information content (AvgIpc) is 2.43. The molecule has 2 N–H and O–H groups in total. The van der Waals surface area contributed by atoms with Gasteiger partial charge in [0.1, 0.15) is 0 Å². The number of nitrogens with zero attached hydrogens (tertiary/aromatic N) is 2. The van der Waals surface area contributed by atoms with Crippen LogP contribution in [0.4, 0.5) is 0 Å². The predicted molar refractivity (Wildman–Crippen MR) is 81.0 cm³/mol. The monoisotopic (exact) mass is 306 g/mol. The molecule has 1 heterocycles. The molecule has 0 radical (unpaired) electrons. The maximum atomic E-state index is 11.3. The van der Waals surface area contributed by atoms with Crippen molar-refractivity contribution in [2.45, 2.75) is 6.42 Å². The molecule has 20 heavy (non-hydrogen) atoms. The van der Waals surface area contributed by atoms with Crippen LogP contribution in [0.25, 0.3) is 0 Å². The third kappa shape index (κ3) is 7.06. The smallest absolute Gasteiger partial charge is 0.191 e. The van der Waals surface area contributed by atoms with Gasteiger partial charge in [-0.25, -0.2) is 8.42 Å². The first-order chi connectivity index (χ1) is 9.57. The molecule has 0 bridgehead atoms. The van der Waals surface area contributed by atoms with Gasteiger partial charge in [-0.3, -0.25) is 9.89 Å². The molecule has 0 aromatic heterocycles. The van der Waals surface area contributed by atoms with Gasteiger partial charge in [-0.2, -0.15) is 0 Å². The molecule has 8 heteroatoms. The summed E-state index contributed by atoms with van der Waals surface area (Å²) >= 11 is 0. The Morgan fingerprint density at radius 3 is 2.50 bits per heavy atom. The van der Waals surface area contributed by atoms with Gasteiger partial charge in [-0.05, 0) is 6.42 Å². The van der Waals surface area contributed by atoms with Crippen molar-refractivity contribution in [2.75, 3.05) is 65.0 Å². The zero-order chi connectivity index (χ0) is 14.8. The molecule has 0 amide bonds. The van der Waals surface area contributed by atoms with E-state index in [1.54, 1.807) is 14.2 Å². The Hall–Kier alpha value is -0.860. The highest BCUT2D eigenvalue weighted by molar-refractivity contribution is 7.91. The van der Waals surface area contributed by atoms with E-state index in [2.05, 4.69) is 20.5 Å². The Balaban J connectivity index is 2.13. The molecule has 1 aliphatic rings. The van der Waals surface area contributed by atoms with Crippen LogP contribution in [0.15, 0.2) is 4.99 Å². The summed E-state index contributed by atoms with van der Waals surface area (Å²) in [4.78, 5) is 6.29. The summed E-state index contributed by atoms with van der Waals surface area (Å²) in [6.45, 7) is 4.38. The summed E-state index contributed by atoms with van der Waals surface area (Å²) in [7, 11) is 0.632. The fourth-order valence-corrected chi connectivity index (χ4v) is 3.23. The summed E-state index contributed by atoms with van der Waals surface area (Å²) in [5.74, 6) is 1.32. The van der Waals surface area contributed by atoms with Crippen LogP contribution in [0.5, 0.6) is 0 Å². The average molecular weight is 306 g/mol. The molecule has 1 aliphatic heterocycles. The van der Waals surface area contributed by atoms with Gasteiger partial charge in [0.2, 0.25) is 0 Å². The van der Waals surface area contributed by atoms with Gasteiger partial charge in [0.15, 0.2) is 15.8 Å². The second-order valence-corrected chi connectivity index (χ2v) is 7.07. The summed E-state index contributed by atoms with van der Waals surface area (Å²) in [6.07, 6.45) is 0.932. The molecule has 0 atom stereocenters. The molecule has 0 saturated carbocycles. The third-order valence-corrected chi connectivity index (χ3v) is 4.81. The lowest BCUT2D eigenvalue weighted by Gasteiger charge is -2.26. The van der Waals surface area contributed by atoms with Crippen LogP contribution in [0.3, 0.4) is 0 Å². The van der Waals surface area contributed by atoms with Crippen LogP contribution in [-0.4, -0.2) is 84.3 Å². The first kappa shape index (κ1) is 17.2. The van der Waals surface area contributed by atoms with Crippen molar-refractivity contribution in [1.29, 1.82) is 0 Å². The van der Waals surface area contributed by atoms with Gasteiger partial charge < -0.3 is 15.4 Å². The van der Waals surface area contributed by atoms with Crippen molar-refractivity contribution in [2.24, 2.45) is 4.99 Å². The van der Waals surface area contributed by atoms with Crippen molar-refractivity contribution < 1.29 is 13.2 Å². The lowest BCUT2D eigenvalue weighted by Crippen LogP contribution is -2.46. The van der Waals surface area contributed by atoms with Crippen molar-refractivity contribution in [3.05, 3.63) is 0 Å². The number of guanidine groups is 1. The summed E-state index contributed by atoms with van der Waals surface area (Å²) in [5.41, 5.74) is 0. The predicted octanol–water partition coefficient (Wildman–Crippen LogP) is -1.08. The van der Waals surface area contributed by atoms with E-state index in [0.717, 1.165) is 38.6 Å². The van der Waals surface area contributed by atoms with Crippen molar-refractivity contribution >= 4 is 15.8 Å². The zero-order valence-corrected chi connectivity index (χ0v) is 13.2. The minimum Gasteiger partial charge on any atom is -0.385 e. The SMILES string of the molecule is CN=C(NCCCOC)NCCN1CCS(=O)(=O)CC1. The van der Waals surface area contributed by atoms with Gasteiger partial charge in [0, 0.05) is 53.5 Å². The number of aliphatic imine (C=N–C) groups is 1. The number of ether oxygens (including phenoxy) is 1. The van der Waals surface area contributed by atoms with Gasteiger partial charge in [-0.1, -0.05) is 0 Å². The second-order valence-electron chi connectivity index (χ2n) is 4.77. The van der Waals surface area contributed by atoms with Gasteiger partial charge in [0.25, 0.3) is 0 Å². The van der Waals surface area contributed by atoms with E-state index in [1.165, 1.54) is 0 Å². The fourth-order valence-electron chi connectivity index (χ4n) is 1.95. The van der Waals surface area contributed by atoms with Crippen LogP contribution >= 0.6 is 0 Å². The molecule has 0 aliphatic carbocycles. The Morgan fingerprint density at radius 1 is 1.25 bits per heavy atom. The first-order valence-electron chi connectivity index (χ1n) is 6.93. The molecule has 0 aromatic carbocycles. The van der Waals surface area contributed by atoms with Crippen molar-refractivity contribution in [3.63, 3.8) is 0 Å². The van der Waals surface area contributed by atoms with Gasteiger partial charge in [-0.15, -0.1) is 0 Å². The molecular weight excluding hydrogens is 280 g/mol. The number of hydrogen-bond acceptors (Lipinski definition) is 5. The highest BCUT2D eigenvalue weighted by Gasteiger charge is 2.20. The highest BCUT2D eigenvalue weighted by atomic mass is 32.2. The fraction of sp³-hybridized carbons (Fsp3) is 0.917. The van der Waals surface area contributed by atoms with E-state index in [0.29, 0.717) is 13.1 Å². The molecule has 1 saturated heterocycles. The van der Waals surface area contributed by atoms with Crippen molar-refractivity contribution in [3.8, 4) is 0 Å². The molecule has 1 fully saturated rings. The second kappa shape index (κ2) is 9.15. The van der Waals surface area contributed by atoms with Crippen LogP contribution in [-0.2, 0) is 14.6 Å². The Kier molecular flexibility index (Phi) is 7.86. The molecule has 0 spiro atoms. The number of nitrogens with one attached hydrogen (secondary N) is 2. The van der Waals surface area contributed by atoms with Gasteiger partial charge in [0.05, 0.1) is 11.5 Å². The Morgan fingerprint density at radius 2 is 1.90 bits per heavy atom. The molecule has 0 aromatic rings. The quantitative estimate of drug-likeness (QED) is 0.354.